The molecule has 7 nitrogen and oxygen atoms in total. The van der Waals surface area contributed by atoms with Crippen molar-refractivity contribution in [3.63, 3.8) is 0 Å². The number of hydrogen-bond donors (Lipinski definition) is 1. The predicted octanol–water partition coefficient (Wildman–Crippen LogP) is 2.19. The van der Waals surface area contributed by atoms with Crippen LogP contribution in [0.4, 0.5) is 0 Å². The number of carboxylic acid groups (broad SMARTS) is 1. The van der Waals surface area contributed by atoms with Crippen molar-refractivity contribution in [2.24, 2.45) is 0 Å². The first kappa shape index (κ1) is 18.7. The van der Waals surface area contributed by atoms with Crippen molar-refractivity contribution in [2.45, 2.75) is 24.0 Å². The Balaban J connectivity index is 2.27. The number of sulfone groups is 1. The quantitative estimate of drug-likeness (QED) is 0.769. The summed E-state index contributed by atoms with van der Waals surface area (Å²) in [6, 6.07) is 9.31. The van der Waals surface area contributed by atoms with E-state index in [0.29, 0.717) is 6.42 Å². The number of benzene rings is 1. The van der Waals surface area contributed by atoms with Gasteiger partial charge in [0.25, 0.3) is 5.91 Å². The zero-order valence-corrected chi connectivity index (χ0v) is 14.5. The van der Waals surface area contributed by atoms with Gasteiger partial charge in [-0.2, -0.15) is 0 Å². The molecule has 1 amide bonds. The summed E-state index contributed by atoms with van der Waals surface area (Å²) < 4.78 is 30.1. The van der Waals surface area contributed by atoms with E-state index in [-0.39, 0.29) is 22.8 Å². The molecule has 1 aromatic carbocycles. The zero-order valence-electron chi connectivity index (χ0n) is 13.7. The molecular formula is C17H19NO6S. The van der Waals surface area contributed by atoms with Crippen LogP contribution in [-0.2, 0) is 20.4 Å². The molecule has 2 rings (SSSR count). The van der Waals surface area contributed by atoms with Crippen LogP contribution in [0.1, 0.15) is 29.5 Å². The summed E-state index contributed by atoms with van der Waals surface area (Å²) in [6.45, 7) is 1.57. The minimum Gasteiger partial charge on any atom is -0.480 e. The Morgan fingerprint density at radius 3 is 2.44 bits per heavy atom. The molecule has 0 aliphatic rings. The Morgan fingerprint density at radius 2 is 1.84 bits per heavy atom. The largest absolute Gasteiger partial charge is 0.480 e. The van der Waals surface area contributed by atoms with Crippen LogP contribution in [0.5, 0.6) is 0 Å². The van der Waals surface area contributed by atoms with E-state index in [1.54, 1.807) is 18.2 Å². The van der Waals surface area contributed by atoms with Crippen LogP contribution in [0.25, 0.3) is 0 Å². The van der Waals surface area contributed by atoms with E-state index in [1.165, 1.54) is 24.5 Å². The van der Waals surface area contributed by atoms with E-state index >= 15 is 0 Å². The van der Waals surface area contributed by atoms with Gasteiger partial charge in [0.05, 0.1) is 16.9 Å². The van der Waals surface area contributed by atoms with Gasteiger partial charge in [-0.25, -0.2) is 8.42 Å². The molecule has 0 aliphatic heterocycles. The molecule has 0 spiro atoms. The molecule has 0 radical (unpaired) electrons. The summed E-state index contributed by atoms with van der Waals surface area (Å²) in [6.07, 6.45) is 1.80. The molecule has 2 aromatic rings. The highest BCUT2D eigenvalue weighted by Gasteiger charge is 2.26. The van der Waals surface area contributed by atoms with Crippen LogP contribution in [0.3, 0.4) is 0 Å². The molecule has 25 heavy (non-hydrogen) atoms. The van der Waals surface area contributed by atoms with E-state index in [4.69, 9.17) is 9.52 Å². The summed E-state index contributed by atoms with van der Waals surface area (Å²) in [7, 11) is -3.65. The third-order valence-corrected chi connectivity index (χ3v) is 5.18. The number of aliphatic carboxylic acids is 1. The second-order valence-corrected chi connectivity index (χ2v) is 7.46. The molecular weight excluding hydrogens is 346 g/mol. The molecule has 8 heteroatoms. The highest BCUT2D eigenvalue weighted by Crippen LogP contribution is 2.21. The minimum absolute atomic E-state index is 0.144. The average molecular weight is 365 g/mol. The fraction of sp³-hybridized carbons (Fsp3) is 0.294. The SMILES string of the molecule is CCCN(CC(=O)O)C(=O)c1occc1CS(=O)(=O)c1ccccc1. The topological polar surface area (TPSA) is 105 Å². The van der Waals surface area contributed by atoms with Crippen LogP contribution < -0.4 is 0 Å². The van der Waals surface area contributed by atoms with Crippen LogP contribution >= 0.6 is 0 Å². The maximum atomic E-state index is 12.5. The predicted molar refractivity (Wildman–Crippen MR) is 89.9 cm³/mol. The minimum atomic E-state index is -3.65. The standard InChI is InChI=1S/C17H19NO6S/c1-2-9-18(11-15(19)20)17(21)16-13(8-10-24-16)12-25(22,23)14-6-4-3-5-7-14/h3-8,10H,2,9,11-12H2,1H3,(H,19,20). The van der Waals surface area contributed by atoms with E-state index in [0.717, 1.165) is 4.90 Å². The third-order valence-electron chi connectivity index (χ3n) is 3.50. The lowest BCUT2D eigenvalue weighted by atomic mass is 10.2. The highest BCUT2D eigenvalue weighted by atomic mass is 32.2. The number of hydrogen-bond acceptors (Lipinski definition) is 5. The first-order valence-electron chi connectivity index (χ1n) is 7.70. The van der Waals surface area contributed by atoms with E-state index in [9.17, 15) is 18.0 Å². The smallest absolute Gasteiger partial charge is 0.323 e. The molecule has 0 saturated heterocycles. The average Bonchev–Trinajstić information content (AvgIpc) is 3.01. The fourth-order valence-electron chi connectivity index (χ4n) is 2.38. The van der Waals surface area contributed by atoms with E-state index in [1.807, 2.05) is 6.92 Å². The van der Waals surface area contributed by atoms with Crippen LogP contribution in [0, 0.1) is 0 Å². The molecule has 0 bridgehead atoms. The number of rotatable bonds is 8. The summed E-state index contributed by atoms with van der Waals surface area (Å²) >= 11 is 0. The number of amides is 1. The van der Waals surface area contributed by atoms with Crippen molar-refractivity contribution in [1.29, 1.82) is 0 Å². The first-order valence-corrected chi connectivity index (χ1v) is 9.35. The Labute approximate surface area is 145 Å². The molecule has 134 valence electrons. The van der Waals surface area contributed by atoms with E-state index < -0.39 is 34.0 Å². The summed E-state index contributed by atoms with van der Waals surface area (Å²) in [4.78, 5) is 24.8. The van der Waals surface area contributed by atoms with Crippen LogP contribution in [-0.4, -0.2) is 43.4 Å². The molecule has 0 fully saturated rings. The Bertz CT molecular complexity index is 841. The van der Waals surface area contributed by atoms with Crippen molar-refractivity contribution in [1.82, 2.24) is 4.90 Å². The molecule has 1 heterocycles. The van der Waals surface area contributed by atoms with Crippen molar-refractivity contribution in [3.05, 3.63) is 54.0 Å². The van der Waals surface area contributed by atoms with Crippen molar-refractivity contribution < 1.29 is 27.5 Å². The second kappa shape index (κ2) is 7.98. The Morgan fingerprint density at radius 1 is 1.16 bits per heavy atom. The number of furan rings is 1. The van der Waals surface area contributed by atoms with Crippen LogP contribution in [0.15, 0.2) is 52.0 Å². The maximum Gasteiger partial charge on any atom is 0.323 e. The maximum absolute atomic E-state index is 12.5. The third kappa shape index (κ3) is 4.69. The highest BCUT2D eigenvalue weighted by molar-refractivity contribution is 7.90. The lowest BCUT2D eigenvalue weighted by Gasteiger charge is -2.19. The lowest BCUT2D eigenvalue weighted by Crippen LogP contribution is -2.36. The molecule has 1 aromatic heterocycles. The monoisotopic (exact) mass is 365 g/mol. The number of carbonyl (C=O) groups is 2. The van der Waals surface area contributed by atoms with Gasteiger partial charge < -0.3 is 14.4 Å². The molecule has 0 saturated carbocycles. The number of nitrogens with zero attached hydrogens (tertiary/aromatic N) is 1. The number of carbonyl (C=O) groups excluding carboxylic acids is 1. The molecule has 1 N–H and O–H groups in total. The normalized spacial score (nSPS) is 11.2. The van der Waals surface area contributed by atoms with E-state index in [2.05, 4.69) is 0 Å². The van der Waals surface area contributed by atoms with Gasteiger partial charge in [0.1, 0.15) is 6.54 Å². The first-order chi connectivity index (χ1) is 11.8. The van der Waals surface area contributed by atoms with Gasteiger partial charge in [-0.15, -0.1) is 0 Å². The van der Waals surface area contributed by atoms with Gasteiger partial charge in [-0.05, 0) is 24.6 Å². The van der Waals surface area contributed by atoms with Gasteiger partial charge in [0.15, 0.2) is 15.6 Å². The summed E-state index contributed by atoms with van der Waals surface area (Å²) in [5.74, 6) is -2.32. The van der Waals surface area contributed by atoms with Gasteiger partial charge in [0, 0.05) is 12.1 Å². The molecule has 0 atom stereocenters. The molecule has 0 aliphatic carbocycles. The number of carboxylic acids is 1. The summed E-state index contributed by atoms with van der Waals surface area (Å²) in [5, 5.41) is 8.94. The second-order valence-electron chi connectivity index (χ2n) is 5.47. The molecule has 0 unspecified atom stereocenters. The summed E-state index contributed by atoms with van der Waals surface area (Å²) in [5.41, 5.74) is 0.209. The Kier molecular flexibility index (Phi) is 5.97. The Hall–Kier alpha value is -2.61. The van der Waals surface area contributed by atoms with Gasteiger partial charge in [-0.1, -0.05) is 25.1 Å². The van der Waals surface area contributed by atoms with Gasteiger partial charge >= 0.3 is 5.97 Å². The fourth-order valence-corrected chi connectivity index (χ4v) is 3.76. The van der Waals surface area contributed by atoms with Crippen LogP contribution in [0.2, 0.25) is 0 Å². The van der Waals surface area contributed by atoms with Gasteiger partial charge in [-0.3, -0.25) is 9.59 Å². The lowest BCUT2D eigenvalue weighted by molar-refractivity contribution is -0.137. The van der Waals surface area contributed by atoms with Crippen molar-refractivity contribution in [3.8, 4) is 0 Å². The zero-order chi connectivity index (χ0) is 18.4. The van der Waals surface area contributed by atoms with Crippen molar-refractivity contribution >= 4 is 21.7 Å². The van der Waals surface area contributed by atoms with Crippen molar-refractivity contribution in [2.75, 3.05) is 13.1 Å². The van der Waals surface area contributed by atoms with Gasteiger partial charge in [0.2, 0.25) is 0 Å².